The summed E-state index contributed by atoms with van der Waals surface area (Å²) >= 11 is 0. The lowest BCUT2D eigenvalue weighted by Gasteiger charge is -1.99. The molecule has 16 heavy (non-hydrogen) atoms. The lowest BCUT2D eigenvalue weighted by atomic mass is 10.1. The number of ether oxygens (including phenoxy) is 2. The molecule has 2 heterocycles. The largest absolute Gasteiger partial charge is 0.492 e. The predicted molar refractivity (Wildman–Crippen MR) is 57.4 cm³/mol. The van der Waals surface area contributed by atoms with Gasteiger partial charge in [0.15, 0.2) is 23.4 Å². The molecule has 3 rings (SSSR count). The van der Waals surface area contributed by atoms with Crippen LogP contribution in [0.4, 0.5) is 0 Å². The maximum absolute atomic E-state index is 10.8. The number of methoxy groups -OCH3 is 1. The van der Waals surface area contributed by atoms with E-state index in [1.54, 1.807) is 0 Å². The molecule has 4 nitrogen and oxygen atoms in total. The number of hydrogen-bond acceptors (Lipinski definition) is 4. The van der Waals surface area contributed by atoms with E-state index >= 15 is 0 Å². The number of carbonyl (C=O) groups is 1. The zero-order chi connectivity index (χ0) is 11.1. The van der Waals surface area contributed by atoms with Crippen molar-refractivity contribution in [2.24, 2.45) is 0 Å². The topological polar surface area (TPSA) is 48.7 Å². The van der Waals surface area contributed by atoms with Crippen LogP contribution in [0.5, 0.6) is 11.5 Å². The van der Waals surface area contributed by atoms with E-state index in [2.05, 4.69) is 0 Å². The van der Waals surface area contributed by atoms with E-state index in [0.717, 1.165) is 23.1 Å². The van der Waals surface area contributed by atoms with Crippen LogP contribution < -0.4 is 9.47 Å². The quantitative estimate of drug-likeness (QED) is 0.725. The summed E-state index contributed by atoms with van der Waals surface area (Å²) in [5.41, 5.74) is 1.72. The molecule has 1 aromatic heterocycles. The van der Waals surface area contributed by atoms with Gasteiger partial charge in [-0.1, -0.05) is 6.07 Å². The molecule has 0 amide bonds. The van der Waals surface area contributed by atoms with Crippen molar-refractivity contribution >= 4 is 17.3 Å². The zero-order valence-corrected chi connectivity index (χ0v) is 8.78. The van der Waals surface area contributed by atoms with Gasteiger partial charge in [-0.05, 0) is 6.07 Å². The normalized spacial score (nSPS) is 13.6. The number of carbonyl (C=O) groups excluding carboxylic acids is 1. The van der Waals surface area contributed by atoms with Crippen molar-refractivity contribution in [3.8, 4) is 11.5 Å². The standard InChI is InChI=1S/C12H10O4/c1-14-11-8-3-2-7-4-5-15-10(7)12(8)16-9(11)6-13/h2-3,6H,4-5H2,1H3. The number of fused-ring (bicyclic) bond motifs is 3. The fourth-order valence-electron chi connectivity index (χ4n) is 2.08. The minimum absolute atomic E-state index is 0.210. The lowest BCUT2D eigenvalue weighted by molar-refractivity contribution is 0.109. The molecule has 0 saturated carbocycles. The SMILES string of the molecule is COc1c(C=O)oc2c3c(ccc12)CCO3. The molecule has 0 bridgehead atoms. The maximum Gasteiger partial charge on any atom is 0.209 e. The van der Waals surface area contributed by atoms with Gasteiger partial charge in [-0.2, -0.15) is 0 Å². The molecule has 82 valence electrons. The fraction of sp³-hybridized carbons (Fsp3) is 0.250. The number of aldehydes is 1. The first-order chi connectivity index (χ1) is 7.85. The Morgan fingerprint density at radius 1 is 1.44 bits per heavy atom. The Balaban J connectivity index is 2.38. The highest BCUT2D eigenvalue weighted by molar-refractivity contribution is 5.96. The monoisotopic (exact) mass is 218 g/mol. The average molecular weight is 218 g/mol. The smallest absolute Gasteiger partial charge is 0.209 e. The second kappa shape index (κ2) is 3.27. The Morgan fingerprint density at radius 2 is 2.31 bits per heavy atom. The van der Waals surface area contributed by atoms with Gasteiger partial charge in [0, 0.05) is 12.0 Å². The van der Waals surface area contributed by atoms with E-state index in [9.17, 15) is 4.79 Å². The van der Waals surface area contributed by atoms with E-state index in [0.29, 0.717) is 24.2 Å². The minimum atomic E-state index is 0.210. The van der Waals surface area contributed by atoms with Crippen molar-refractivity contribution < 1.29 is 18.7 Å². The van der Waals surface area contributed by atoms with Crippen LogP contribution in [-0.4, -0.2) is 20.0 Å². The molecule has 0 unspecified atom stereocenters. The third-order valence-electron chi connectivity index (χ3n) is 2.80. The average Bonchev–Trinajstić information content (AvgIpc) is 2.91. The van der Waals surface area contributed by atoms with Crippen molar-refractivity contribution in [3.63, 3.8) is 0 Å². The highest BCUT2D eigenvalue weighted by Gasteiger charge is 2.22. The van der Waals surface area contributed by atoms with E-state index in [1.807, 2.05) is 12.1 Å². The van der Waals surface area contributed by atoms with Crippen molar-refractivity contribution in [3.05, 3.63) is 23.5 Å². The predicted octanol–water partition coefficient (Wildman–Crippen LogP) is 2.19. The first-order valence-corrected chi connectivity index (χ1v) is 5.05. The third-order valence-corrected chi connectivity index (χ3v) is 2.80. The van der Waals surface area contributed by atoms with Crippen LogP contribution in [0.3, 0.4) is 0 Å². The Bertz CT molecular complexity index is 568. The summed E-state index contributed by atoms with van der Waals surface area (Å²) in [5, 5.41) is 0.783. The minimum Gasteiger partial charge on any atom is -0.492 e. The Morgan fingerprint density at radius 3 is 3.06 bits per heavy atom. The molecule has 0 N–H and O–H groups in total. The zero-order valence-electron chi connectivity index (χ0n) is 8.78. The van der Waals surface area contributed by atoms with Crippen molar-refractivity contribution in [1.82, 2.24) is 0 Å². The van der Waals surface area contributed by atoms with Crippen molar-refractivity contribution in [1.29, 1.82) is 0 Å². The Kier molecular flexibility index (Phi) is 1.89. The van der Waals surface area contributed by atoms with Gasteiger partial charge < -0.3 is 13.9 Å². The van der Waals surface area contributed by atoms with Crippen LogP contribution in [0.1, 0.15) is 16.1 Å². The van der Waals surface area contributed by atoms with E-state index in [4.69, 9.17) is 13.9 Å². The fourth-order valence-corrected chi connectivity index (χ4v) is 2.08. The molecule has 0 aliphatic carbocycles. The number of furan rings is 1. The number of hydrogen-bond donors (Lipinski definition) is 0. The lowest BCUT2D eigenvalue weighted by Crippen LogP contribution is -1.86. The van der Waals surface area contributed by atoms with E-state index in [1.165, 1.54) is 7.11 Å². The maximum atomic E-state index is 10.8. The van der Waals surface area contributed by atoms with Gasteiger partial charge in [0.1, 0.15) is 0 Å². The highest BCUT2D eigenvalue weighted by atomic mass is 16.5. The first-order valence-electron chi connectivity index (χ1n) is 5.05. The summed E-state index contributed by atoms with van der Waals surface area (Å²) in [5.74, 6) is 1.42. The van der Waals surface area contributed by atoms with Crippen LogP contribution >= 0.6 is 0 Å². The summed E-state index contributed by atoms with van der Waals surface area (Å²) in [6.45, 7) is 0.661. The second-order valence-corrected chi connectivity index (χ2v) is 3.65. The summed E-state index contributed by atoms with van der Waals surface area (Å²) in [4.78, 5) is 10.8. The summed E-state index contributed by atoms with van der Waals surface area (Å²) < 4.78 is 16.1. The summed E-state index contributed by atoms with van der Waals surface area (Å²) in [6, 6.07) is 3.88. The van der Waals surface area contributed by atoms with E-state index in [-0.39, 0.29) is 5.76 Å². The van der Waals surface area contributed by atoms with Crippen LogP contribution in [-0.2, 0) is 6.42 Å². The molecular weight excluding hydrogens is 208 g/mol. The van der Waals surface area contributed by atoms with Gasteiger partial charge in [0.25, 0.3) is 0 Å². The van der Waals surface area contributed by atoms with Crippen LogP contribution in [0, 0.1) is 0 Å². The van der Waals surface area contributed by atoms with Crippen molar-refractivity contribution in [2.45, 2.75) is 6.42 Å². The Labute approximate surface area is 91.7 Å². The molecule has 0 spiro atoms. The number of benzene rings is 1. The van der Waals surface area contributed by atoms with E-state index < -0.39 is 0 Å². The van der Waals surface area contributed by atoms with Gasteiger partial charge >= 0.3 is 0 Å². The van der Waals surface area contributed by atoms with Gasteiger partial charge in [-0.15, -0.1) is 0 Å². The second-order valence-electron chi connectivity index (χ2n) is 3.65. The van der Waals surface area contributed by atoms with Gasteiger partial charge in [-0.25, -0.2) is 0 Å². The molecular formula is C12H10O4. The molecule has 2 aromatic rings. The van der Waals surface area contributed by atoms with Gasteiger partial charge in [-0.3, -0.25) is 4.79 Å². The molecule has 0 radical (unpaired) electrons. The number of rotatable bonds is 2. The molecule has 0 fully saturated rings. The molecule has 1 aliphatic rings. The summed E-state index contributed by atoms with van der Waals surface area (Å²) in [7, 11) is 1.52. The Hall–Kier alpha value is -1.97. The first kappa shape index (κ1) is 9.27. The molecule has 1 aromatic carbocycles. The van der Waals surface area contributed by atoms with Crippen LogP contribution in [0.25, 0.3) is 11.0 Å². The molecule has 1 aliphatic heterocycles. The van der Waals surface area contributed by atoms with Gasteiger partial charge in [0.05, 0.1) is 19.1 Å². The van der Waals surface area contributed by atoms with Crippen LogP contribution in [0.15, 0.2) is 16.5 Å². The molecule has 4 heteroatoms. The third kappa shape index (κ3) is 1.07. The molecule has 0 atom stereocenters. The molecule has 0 saturated heterocycles. The van der Waals surface area contributed by atoms with Gasteiger partial charge in [0.2, 0.25) is 5.76 Å². The summed E-state index contributed by atoms with van der Waals surface area (Å²) in [6.07, 6.45) is 1.53. The highest BCUT2D eigenvalue weighted by Crippen LogP contribution is 2.41. The van der Waals surface area contributed by atoms with Crippen LogP contribution in [0.2, 0.25) is 0 Å². The van der Waals surface area contributed by atoms with Crippen molar-refractivity contribution in [2.75, 3.05) is 13.7 Å².